The van der Waals surface area contributed by atoms with Crippen molar-refractivity contribution in [1.82, 2.24) is 30.4 Å². The average molecular weight is 603 g/mol. The molecule has 0 fully saturated rings. The lowest BCUT2D eigenvalue weighted by molar-refractivity contribution is -0.122. The number of aliphatic hydroxyl groups is 1. The van der Waals surface area contributed by atoms with Gasteiger partial charge in [-0.3, -0.25) is 28.3 Å². The van der Waals surface area contributed by atoms with Crippen LogP contribution in [0.1, 0.15) is 12.8 Å². The molecule has 0 aliphatic rings. The SMILES string of the molecule is O=CNCCSc1cc(O)n(CCC(=O)NCC(O)CNC(=O)CCn2c(O)cc(SCCNC=O)c2O)c1O. The van der Waals surface area contributed by atoms with Crippen LogP contribution >= 0.6 is 23.5 Å². The molecule has 0 aromatic carbocycles. The van der Waals surface area contributed by atoms with Crippen molar-refractivity contribution in [3.8, 4) is 23.5 Å². The molecule has 0 saturated carbocycles. The number of aromatic nitrogens is 2. The maximum atomic E-state index is 12.2. The second kappa shape index (κ2) is 17.1. The molecule has 2 aromatic heterocycles. The lowest BCUT2D eigenvalue weighted by Gasteiger charge is -2.14. The molecule has 0 unspecified atom stereocenters. The zero-order valence-corrected chi connectivity index (χ0v) is 23.2. The molecule has 0 radical (unpaired) electrons. The first-order valence-electron chi connectivity index (χ1n) is 12.2. The molecule has 0 aliphatic heterocycles. The highest BCUT2D eigenvalue weighted by Crippen LogP contribution is 2.36. The van der Waals surface area contributed by atoms with Crippen molar-refractivity contribution < 1.29 is 44.7 Å². The molecule has 0 atom stereocenters. The van der Waals surface area contributed by atoms with Gasteiger partial charge in [-0.15, -0.1) is 23.5 Å². The van der Waals surface area contributed by atoms with Crippen LogP contribution in [-0.2, 0) is 32.3 Å². The fourth-order valence-corrected chi connectivity index (χ4v) is 5.09. The van der Waals surface area contributed by atoms with E-state index in [0.717, 1.165) is 0 Å². The number of hydrogen-bond donors (Lipinski definition) is 9. The van der Waals surface area contributed by atoms with Gasteiger partial charge in [0.15, 0.2) is 11.8 Å². The van der Waals surface area contributed by atoms with Crippen LogP contribution in [0.15, 0.2) is 21.9 Å². The zero-order chi connectivity index (χ0) is 29.5. The van der Waals surface area contributed by atoms with E-state index in [9.17, 15) is 44.7 Å². The first-order chi connectivity index (χ1) is 19.2. The van der Waals surface area contributed by atoms with E-state index in [-0.39, 0.29) is 62.5 Å². The van der Waals surface area contributed by atoms with E-state index in [0.29, 0.717) is 47.2 Å². The van der Waals surface area contributed by atoms with Crippen LogP contribution in [0.5, 0.6) is 23.5 Å². The highest BCUT2D eigenvalue weighted by Gasteiger charge is 2.17. The Kier molecular flexibility index (Phi) is 13.9. The number of hydrogen-bond acceptors (Lipinski definition) is 11. The maximum absolute atomic E-state index is 12.2. The molecular formula is C23H34N6O9S2. The number of carbonyl (C=O) groups is 4. The van der Waals surface area contributed by atoms with Gasteiger partial charge in [-0.05, 0) is 0 Å². The summed E-state index contributed by atoms with van der Waals surface area (Å²) in [4.78, 5) is 45.7. The van der Waals surface area contributed by atoms with Gasteiger partial charge in [-0.1, -0.05) is 0 Å². The molecule has 2 rings (SSSR count). The summed E-state index contributed by atoms with van der Waals surface area (Å²) in [6.45, 7) is 0.443. The molecule has 0 saturated heterocycles. The fourth-order valence-electron chi connectivity index (χ4n) is 3.35. The van der Waals surface area contributed by atoms with E-state index in [1.165, 1.54) is 44.8 Å². The Morgan fingerprint density at radius 3 is 1.55 bits per heavy atom. The van der Waals surface area contributed by atoms with Gasteiger partial charge in [0.1, 0.15) is 0 Å². The fraction of sp³-hybridized carbons (Fsp3) is 0.478. The van der Waals surface area contributed by atoms with E-state index in [2.05, 4.69) is 21.3 Å². The molecule has 15 nitrogen and oxygen atoms in total. The topological polar surface area (TPSA) is 227 Å². The lowest BCUT2D eigenvalue weighted by Crippen LogP contribution is -2.40. The smallest absolute Gasteiger partial charge is 0.221 e. The molecular weight excluding hydrogens is 568 g/mol. The summed E-state index contributed by atoms with van der Waals surface area (Å²) in [5, 5.41) is 60.7. The van der Waals surface area contributed by atoms with Gasteiger partial charge in [0.2, 0.25) is 36.4 Å². The number of aromatic hydroxyl groups is 4. The summed E-state index contributed by atoms with van der Waals surface area (Å²) in [5.41, 5.74) is 0. The zero-order valence-electron chi connectivity index (χ0n) is 21.5. The monoisotopic (exact) mass is 602 g/mol. The van der Waals surface area contributed by atoms with Crippen LogP contribution in [0, 0.1) is 0 Å². The molecule has 9 N–H and O–H groups in total. The molecule has 2 heterocycles. The summed E-state index contributed by atoms with van der Waals surface area (Å²) in [5.74, 6) is -0.785. The summed E-state index contributed by atoms with van der Waals surface area (Å²) in [7, 11) is 0. The van der Waals surface area contributed by atoms with Crippen molar-refractivity contribution in [3.05, 3.63) is 12.1 Å². The first-order valence-corrected chi connectivity index (χ1v) is 14.2. The van der Waals surface area contributed by atoms with Crippen LogP contribution in [-0.4, -0.2) is 103 Å². The quantitative estimate of drug-likeness (QED) is 0.0500. The summed E-state index contributed by atoms with van der Waals surface area (Å²) in [6.07, 6.45) is -0.147. The van der Waals surface area contributed by atoms with Crippen LogP contribution in [0.25, 0.3) is 0 Å². The third-order valence-corrected chi connectivity index (χ3v) is 7.43. The van der Waals surface area contributed by atoms with Gasteiger partial charge < -0.3 is 46.8 Å². The standard InChI is InChI=1S/C23H34N6O9S2/c30-13-24-3-7-39-16-9-20(35)28(22(16)37)5-1-18(33)26-11-15(32)12-27-19(34)2-6-29-21(36)10-17(23(29)38)40-8-4-25-14-31/h9-10,13-15,32,35-38H,1-8,11-12H2,(H,24,30)(H,25,31)(H,26,33)(H,27,34). The van der Waals surface area contributed by atoms with E-state index in [1.54, 1.807) is 0 Å². The minimum Gasteiger partial charge on any atom is -0.494 e. The highest BCUT2D eigenvalue weighted by molar-refractivity contribution is 7.99. The first kappa shape index (κ1) is 32.5. The number of amides is 4. The van der Waals surface area contributed by atoms with Crippen molar-refractivity contribution in [3.63, 3.8) is 0 Å². The van der Waals surface area contributed by atoms with E-state index >= 15 is 0 Å². The number of aliphatic hydroxyl groups excluding tert-OH is 1. The van der Waals surface area contributed by atoms with Gasteiger partial charge >= 0.3 is 0 Å². The van der Waals surface area contributed by atoms with Gasteiger partial charge in [0.05, 0.1) is 15.9 Å². The predicted octanol–water partition coefficient (Wildman–Crippen LogP) is -1.14. The van der Waals surface area contributed by atoms with Crippen molar-refractivity contribution in [2.24, 2.45) is 0 Å². The highest BCUT2D eigenvalue weighted by atomic mass is 32.2. The maximum Gasteiger partial charge on any atom is 0.221 e. The number of nitrogens with zero attached hydrogens (tertiary/aromatic N) is 2. The van der Waals surface area contributed by atoms with Crippen LogP contribution in [0.4, 0.5) is 0 Å². The number of carbonyl (C=O) groups excluding carboxylic acids is 4. The third-order valence-electron chi connectivity index (χ3n) is 5.39. The minimum absolute atomic E-state index is 0.0155. The summed E-state index contributed by atoms with van der Waals surface area (Å²) < 4.78 is 2.33. The molecule has 0 spiro atoms. The van der Waals surface area contributed by atoms with E-state index in [4.69, 9.17) is 0 Å². The normalized spacial score (nSPS) is 10.8. The number of nitrogens with one attached hydrogen (secondary N) is 4. The Balaban J connectivity index is 1.68. The van der Waals surface area contributed by atoms with E-state index in [1.807, 2.05) is 0 Å². The van der Waals surface area contributed by atoms with E-state index < -0.39 is 17.9 Å². The molecule has 40 heavy (non-hydrogen) atoms. The number of rotatable bonds is 20. The molecule has 0 aliphatic carbocycles. The number of thioether (sulfide) groups is 2. The van der Waals surface area contributed by atoms with Gasteiger partial charge in [0.25, 0.3) is 0 Å². The van der Waals surface area contributed by atoms with Crippen LogP contribution in [0.3, 0.4) is 0 Å². The van der Waals surface area contributed by atoms with Crippen LogP contribution in [0.2, 0.25) is 0 Å². The molecule has 2 aromatic rings. The summed E-state index contributed by atoms with van der Waals surface area (Å²) >= 11 is 2.46. The van der Waals surface area contributed by atoms with Crippen molar-refractivity contribution in [2.45, 2.75) is 41.8 Å². The lowest BCUT2D eigenvalue weighted by atomic mass is 10.3. The van der Waals surface area contributed by atoms with Crippen molar-refractivity contribution >= 4 is 48.2 Å². The minimum atomic E-state index is -1.08. The Bertz CT molecular complexity index is 1050. The Hall–Kier alpha value is -3.70. The molecule has 222 valence electrons. The molecule has 0 bridgehead atoms. The second-order valence-electron chi connectivity index (χ2n) is 8.29. The largest absolute Gasteiger partial charge is 0.494 e. The molecule has 17 heteroatoms. The Morgan fingerprint density at radius 1 is 0.775 bits per heavy atom. The van der Waals surface area contributed by atoms with Gasteiger partial charge in [-0.2, -0.15) is 0 Å². The molecule has 4 amide bonds. The second-order valence-corrected chi connectivity index (χ2v) is 10.6. The van der Waals surface area contributed by atoms with Gasteiger partial charge in [0, 0.05) is 75.7 Å². The predicted molar refractivity (Wildman–Crippen MR) is 146 cm³/mol. The average Bonchev–Trinajstić information content (AvgIpc) is 3.36. The van der Waals surface area contributed by atoms with Crippen LogP contribution < -0.4 is 21.3 Å². The summed E-state index contributed by atoms with van der Waals surface area (Å²) in [6, 6.07) is 2.72. The van der Waals surface area contributed by atoms with Crippen molar-refractivity contribution in [2.75, 3.05) is 37.7 Å². The third kappa shape index (κ3) is 10.5. The van der Waals surface area contributed by atoms with Gasteiger partial charge in [-0.25, -0.2) is 0 Å². The Morgan fingerprint density at radius 2 is 1.18 bits per heavy atom. The van der Waals surface area contributed by atoms with Crippen molar-refractivity contribution in [1.29, 1.82) is 0 Å². The Labute approximate surface area is 238 Å².